The average Bonchev–Trinajstić information content (AvgIpc) is 2.43. The Kier molecular flexibility index (Phi) is 6.22. The largest absolute Gasteiger partial charge is 0.480 e. The molecule has 0 aromatic rings. The summed E-state index contributed by atoms with van der Waals surface area (Å²) in [6.07, 6.45) is 1.87. The molecule has 0 saturated carbocycles. The van der Waals surface area contributed by atoms with E-state index in [9.17, 15) is 14.7 Å². The van der Waals surface area contributed by atoms with Crippen molar-refractivity contribution in [2.45, 2.75) is 37.8 Å². The molecule has 1 aliphatic rings. The molecule has 0 bridgehead atoms. The van der Waals surface area contributed by atoms with Crippen molar-refractivity contribution in [3.8, 4) is 0 Å². The summed E-state index contributed by atoms with van der Waals surface area (Å²) in [6, 6.07) is -0.368. The molecule has 0 spiro atoms. The van der Waals surface area contributed by atoms with Gasteiger partial charge in [-0.05, 0) is 26.2 Å². The third-order valence-corrected chi connectivity index (χ3v) is 3.76. The molecule has 0 aromatic heterocycles. The van der Waals surface area contributed by atoms with Crippen LogP contribution >= 0.6 is 0 Å². The number of nitrogens with zero attached hydrogens (tertiary/aromatic N) is 1. The zero-order valence-corrected chi connectivity index (χ0v) is 12.3. The molecule has 1 saturated heterocycles. The lowest BCUT2D eigenvalue weighted by Gasteiger charge is -2.41. The van der Waals surface area contributed by atoms with Gasteiger partial charge < -0.3 is 24.8 Å². The van der Waals surface area contributed by atoms with Crippen LogP contribution in [0.3, 0.4) is 0 Å². The molecule has 2 amide bonds. The lowest BCUT2D eigenvalue weighted by atomic mass is 9.89. The van der Waals surface area contributed by atoms with Gasteiger partial charge in [0.05, 0.1) is 12.7 Å². The number of hydrogen-bond acceptors (Lipinski definition) is 4. The van der Waals surface area contributed by atoms with Crippen molar-refractivity contribution in [1.29, 1.82) is 0 Å². The number of carbonyl (C=O) groups excluding carboxylic acids is 1. The normalized spacial score (nSPS) is 24.2. The number of methoxy groups -OCH3 is 2. The Morgan fingerprint density at radius 2 is 2.10 bits per heavy atom. The first-order valence-corrected chi connectivity index (χ1v) is 6.76. The maximum Gasteiger partial charge on any atom is 0.329 e. The van der Waals surface area contributed by atoms with Gasteiger partial charge in [-0.2, -0.15) is 0 Å². The highest BCUT2D eigenvalue weighted by molar-refractivity contribution is 5.86. The van der Waals surface area contributed by atoms with Crippen molar-refractivity contribution in [3.05, 3.63) is 0 Å². The summed E-state index contributed by atoms with van der Waals surface area (Å²) in [5, 5.41) is 12.1. The maximum atomic E-state index is 12.2. The Hall–Kier alpha value is -1.34. The molecule has 1 rings (SSSR count). The number of piperidine rings is 1. The number of nitrogens with one attached hydrogen (secondary N) is 1. The number of amides is 2. The Balaban J connectivity index is 2.62. The lowest BCUT2D eigenvalue weighted by molar-refractivity contribution is -0.150. The average molecular weight is 288 g/mol. The molecule has 0 radical (unpaired) electrons. The minimum Gasteiger partial charge on any atom is -0.480 e. The van der Waals surface area contributed by atoms with Crippen molar-refractivity contribution in [2.75, 3.05) is 33.9 Å². The minimum absolute atomic E-state index is 0.246. The molecule has 2 unspecified atom stereocenters. The van der Waals surface area contributed by atoms with E-state index in [1.807, 2.05) is 0 Å². The molecular formula is C13H24N2O5. The van der Waals surface area contributed by atoms with Gasteiger partial charge in [0.25, 0.3) is 0 Å². The van der Waals surface area contributed by atoms with E-state index in [4.69, 9.17) is 9.47 Å². The number of urea groups is 1. The number of carboxylic acids is 1. The first-order chi connectivity index (χ1) is 9.45. The summed E-state index contributed by atoms with van der Waals surface area (Å²) >= 11 is 0. The number of aliphatic carboxylic acids is 1. The summed E-state index contributed by atoms with van der Waals surface area (Å²) in [5.41, 5.74) is -1.13. The number of carboxylic acid groups (broad SMARTS) is 1. The number of carbonyl (C=O) groups is 2. The molecule has 0 aliphatic carbocycles. The van der Waals surface area contributed by atoms with Gasteiger partial charge in [0, 0.05) is 27.3 Å². The topological polar surface area (TPSA) is 88.1 Å². The molecule has 1 heterocycles. The highest BCUT2D eigenvalue weighted by Gasteiger charge is 2.43. The summed E-state index contributed by atoms with van der Waals surface area (Å²) in [7, 11) is 3.10. The van der Waals surface area contributed by atoms with Gasteiger partial charge in [-0.25, -0.2) is 9.59 Å². The first kappa shape index (κ1) is 16.7. The molecule has 2 N–H and O–H groups in total. The number of rotatable bonds is 6. The zero-order valence-electron chi connectivity index (χ0n) is 12.3. The molecular weight excluding hydrogens is 264 g/mol. The molecule has 7 heteroatoms. The van der Waals surface area contributed by atoms with E-state index in [1.165, 1.54) is 12.0 Å². The second-order valence-electron chi connectivity index (χ2n) is 5.19. The standard InChI is InChI=1S/C13H24N2O5/c1-13(11(16)17)6-4-5-7-15(13)12(18)14-8-10(20-3)9-19-2/h10H,4-9H2,1-3H3,(H,14,18)(H,16,17). The number of hydrogen-bond donors (Lipinski definition) is 2. The monoisotopic (exact) mass is 288 g/mol. The molecule has 1 aliphatic heterocycles. The Labute approximate surface area is 119 Å². The number of likely N-dealkylation sites (tertiary alicyclic amines) is 1. The fourth-order valence-corrected chi connectivity index (χ4v) is 2.36. The van der Waals surface area contributed by atoms with Gasteiger partial charge in [-0.3, -0.25) is 0 Å². The van der Waals surface area contributed by atoms with Crippen LogP contribution in [0.1, 0.15) is 26.2 Å². The third-order valence-electron chi connectivity index (χ3n) is 3.76. The second kappa shape index (κ2) is 7.44. The Morgan fingerprint density at radius 3 is 2.65 bits per heavy atom. The van der Waals surface area contributed by atoms with Crippen molar-refractivity contribution in [1.82, 2.24) is 10.2 Å². The van der Waals surface area contributed by atoms with Gasteiger partial charge >= 0.3 is 12.0 Å². The van der Waals surface area contributed by atoms with E-state index >= 15 is 0 Å². The maximum absolute atomic E-state index is 12.2. The van der Waals surface area contributed by atoms with Crippen LogP contribution in [0, 0.1) is 0 Å². The lowest BCUT2D eigenvalue weighted by Crippen LogP contribution is -2.60. The van der Waals surface area contributed by atoms with Crippen LogP contribution in [0.2, 0.25) is 0 Å². The van der Waals surface area contributed by atoms with Gasteiger partial charge in [-0.15, -0.1) is 0 Å². The summed E-state index contributed by atoms with van der Waals surface area (Å²) in [4.78, 5) is 25.0. The third kappa shape index (κ3) is 3.83. The van der Waals surface area contributed by atoms with E-state index < -0.39 is 11.5 Å². The van der Waals surface area contributed by atoms with Crippen LogP contribution < -0.4 is 5.32 Å². The molecule has 1 fully saturated rings. The van der Waals surface area contributed by atoms with Crippen LogP contribution in [0.25, 0.3) is 0 Å². The predicted octanol–water partition coefficient (Wildman–Crippen LogP) is 0.687. The van der Waals surface area contributed by atoms with Crippen molar-refractivity contribution in [3.63, 3.8) is 0 Å². The fourth-order valence-electron chi connectivity index (χ4n) is 2.36. The van der Waals surface area contributed by atoms with Gasteiger partial charge in [0.15, 0.2) is 0 Å². The van der Waals surface area contributed by atoms with E-state index in [2.05, 4.69) is 5.32 Å². The molecule has 0 aromatic carbocycles. The second-order valence-corrected chi connectivity index (χ2v) is 5.19. The fraction of sp³-hybridized carbons (Fsp3) is 0.846. The van der Waals surface area contributed by atoms with Gasteiger partial charge in [0.2, 0.25) is 0 Å². The van der Waals surface area contributed by atoms with Crippen LogP contribution in [0.5, 0.6) is 0 Å². The van der Waals surface area contributed by atoms with Crippen LogP contribution in [0.4, 0.5) is 4.79 Å². The van der Waals surface area contributed by atoms with E-state index in [0.29, 0.717) is 19.6 Å². The molecule has 7 nitrogen and oxygen atoms in total. The van der Waals surface area contributed by atoms with E-state index in [0.717, 1.165) is 12.8 Å². The Bertz CT molecular complexity index is 350. The molecule has 2 atom stereocenters. The SMILES string of the molecule is COCC(CNC(=O)N1CCCCC1(C)C(=O)O)OC. The highest BCUT2D eigenvalue weighted by atomic mass is 16.5. The smallest absolute Gasteiger partial charge is 0.329 e. The van der Waals surface area contributed by atoms with Gasteiger partial charge in [0.1, 0.15) is 5.54 Å². The summed E-state index contributed by atoms with van der Waals surface area (Å²) in [6.45, 7) is 2.70. The van der Waals surface area contributed by atoms with Crippen LogP contribution in [0.15, 0.2) is 0 Å². The number of ether oxygens (including phenoxy) is 2. The predicted molar refractivity (Wildman–Crippen MR) is 72.7 cm³/mol. The van der Waals surface area contributed by atoms with Crippen molar-refractivity contribution in [2.24, 2.45) is 0 Å². The molecule has 20 heavy (non-hydrogen) atoms. The summed E-state index contributed by atoms with van der Waals surface area (Å²) in [5.74, 6) is -0.965. The van der Waals surface area contributed by atoms with Gasteiger partial charge in [-0.1, -0.05) is 0 Å². The highest BCUT2D eigenvalue weighted by Crippen LogP contribution is 2.28. The van der Waals surface area contributed by atoms with Crippen LogP contribution in [-0.4, -0.2) is 67.6 Å². The van der Waals surface area contributed by atoms with E-state index in [1.54, 1.807) is 14.0 Å². The summed E-state index contributed by atoms with van der Waals surface area (Å²) < 4.78 is 10.1. The van der Waals surface area contributed by atoms with Crippen molar-refractivity contribution < 1.29 is 24.2 Å². The zero-order chi connectivity index (χ0) is 15.2. The van der Waals surface area contributed by atoms with Crippen LogP contribution in [-0.2, 0) is 14.3 Å². The quantitative estimate of drug-likeness (QED) is 0.750. The van der Waals surface area contributed by atoms with Crippen molar-refractivity contribution >= 4 is 12.0 Å². The Morgan fingerprint density at radius 1 is 1.40 bits per heavy atom. The minimum atomic E-state index is -1.13. The van der Waals surface area contributed by atoms with E-state index in [-0.39, 0.29) is 18.7 Å². The first-order valence-electron chi connectivity index (χ1n) is 6.76. The molecule has 116 valence electrons.